The number of aliphatic hydroxyl groups is 1. The molecule has 0 unspecified atom stereocenters. The Balaban J connectivity index is 1.52. The van der Waals surface area contributed by atoms with Crippen molar-refractivity contribution >= 4 is 12.1 Å². The quantitative estimate of drug-likeness (QED) is 0.200. The van der Waals surface area contributed by atoms with E-state index in [4.69, 9.17) is 23.7 Å². The van der Waals surface area contributed by atoms with Crippen molar-refractivity contribution in [1.29, 1.82) is 0 Å². The van der Waals surface area contributed by atoms with Gasteiger partial charge in [0, 0.05) is 22.1 Å². The first-order valence-corrected chi connectivity index (χ1v) is 15.3. The van der Waals surface area contributed by atoms with Crippen LogP contribution in [0, 0.1) is 0 Å². The zero-order valence-corrected chi connectivity index (χ0v) is 27.1. The van der Waals surface area contributed by atoms with Crippen LogP contribution in [0.2, 0.25) is 0 Å². The van der Waals surface area contributed by atoms with Crippen LogP contribution in [0.25, 0.3) is 0 Å². The Bertz CT molecular complexity index is 1450. The second-order valence-corrected chi connectivity index (χ2v) is 12.6. The fraction of sp³-hybridized carbons (Fsp3) is 0.444. The number of nitrogens with one attached hydrogen (secondary N) is 1. The average molecular weight is 618 g/mol. The molecule has 2 N–H and O–H groups in total. The molecular weight excluding hydrogens is 574 g/mol. The molecule has 0 saturated carbocycles. The van der Waals surface area contributed by atoms with Gasteiger partial charge in [-0.05, 0) is 68.5 Å². The number of ether oxygens (including phenoxy) is 5. The maximum atomic E-state index is 13.0. The highest BCUT2D eigenvalue weighted by Gasteiger charge is 2.61. The molecule has 9 heteroatoms. The average Bonchev–Trinajstić information content (AvgIpc) is 3.02. The van der Waals surface area contributed by atoms with Crippen molar-refractivity contribution in [2.24, 2.45) is 0 Å². The maximum absolute atomic E-state index is 13.0. The number of hydrogen-bond donors (Lipinski definition) is 2. The first-order valence-electron chi connectivity index (χ1n) is 15.3. The number of carbonyl (C=O) groups is 2. The van der Waals surface area contributed by atoms with E-state index < -0.39 is 34.7 Å². The maximum Gasteiger partial charge on any atom is 0.408 e. The molecule has 0 aromatic heterocycles. The third-order valence-corrected chi connectivity index (χ3v) is 8.92. The summed E-state index contributed by atoms with van der Waals surface area (Å²) in [6.07, 6.45) is 2.66. The van der Waals surface area contributed by atoms with Gasteiger partial charge >= 0.3 is 12.1 Å². The summed E-state index contributed by atoms with van der Waals surface area (Å²) in [6.45, 7) is 5.31. The van der Waals surface area contributed by atoms with Crippen molar-refractivity contribution in [3.8, 4) is 17.2 Å². The Morgan fingerprint density at radius 2 is 1.22 bits per heavy atom. The number of rotatable bonds is 11. The minimum absolute atomic E-state index is 0.401. The fourth-order valence-electron chi connectivity index (χ4n) is 7.26. The molecule has 1 amide bonds. The predicted molar refractivity (Wildman–Crippen MR) is 169 cm³/mol. The summed E-state index contributed by atoms with van der Waals surface area (Å²) in [5.74, 6) is 1.24. The van der Waals surface area contributed by atoms with E-state index in [1.165, 1.54) is 7.11 Å². The number of esters is 1. The first-order chi connectivity index (χ1) is 21.5. The normalized spacial score (nSPS) is 19.8. The van der Waals surface area contributed by atoms with Crippen LogP contribution in [0.5, 0.6) is 17.2 Å². The lowest BCUT2D eigenvalue weighted by atomic mass is 9.49. The SMILES string of the molecule is COC(=O)[C@H](CCCCCC12c3cccc(OC)c3C(O)(c3c(OC)cccc31)c1c(OC)cccc12)NC(=O)OC(C)(C)C. The number of alkyl carbamates (subject to hydrolysis) is 1. The van der Waals surface area contributed by atoms with Crippen LogP contribution in [0.15, 0.2) is 54.6 Å². The molecule has 45 heavy (non-hydrogen) atoms. The van der Waals surface area contributed by atoms with Gasteiger partial charge in [-0.2, -0.15) is 0 Å². The first kappa shape index (κ1) is 32.2. The smallest absolute Gasteiger partial charge is 0.408 e. The molecule has 0 fully saturated rings. The molecule has 6 rings (SSSR count). The van der Waals surface area contributed by atoms with Crippen molar-refractivity contribution < 1.29 is 38.4 Å². The van der Waals surface area contributed by atoms with Gasteiger partial charge in [-0.15, -0.1) is 0 Å². The summed E-state index contributed by atoms with van der Waals surface area (Å²) in [5, 5.41) is 15.7. The Kier molecular flexibility index (Phi) is 8.77. The van der Waals surface area contributed by atoms with Gasteiger partial charge < -0.3 is 34.1 Å². The van der Waals surface area contributed by atoms with E-state index in [0.29, 0.717) is 53.2 Å². The molecular formula is C36H43NO8. The monoisotopic (exact) mass is 617 g/mol. The molecule has 240 valence electrons. The van der Waals surface area contributed by atoms with Crippen LogP contribution in [-0.4, -0.2) is 57.3 Å². The van der Waals surface area contributed by atoms with E-state index in [9.17, 15) is 14.7 Å². The van der Waals surface area contributed by atoms with Gasteiger partial charge in [-0.25, -0.2) is 9.59 Å². The van der Waals surface area contributed by atoms with Crippen molar-refractivity contribution in [1.82, 2.24) is 5.32 Å². The zero-order chi connectivity index (χ0) is 32.6. The minimum atomic E-state index is -1.57. The number of benzene rings is 3. The van der Waals surface area contributed by atoms with Gasteiger partial charge in [0.25, 0.3) is 0 Å². The second kappa shape index (κ2) is 12.3. The van der Waals surface area contributed by atoms with Crippen LogP contribution in [0.3, 0.4) is 0 Å². The van der Waals surface area contributed by atoms with Gasteiger partial charge in [0.15, 0.2) is 5.60 Å². The van der Waals surface area contributed by atoms with E-state index in [-0.39, 0.29) is 0 Å². The Morgan fingerprint density at radius 3 is 1.62 bits per heavy atom. The van der Waals surface area contributed by atoms with Crippen LogP contribution in [0.1, 0.15) is 86.3 Å². The van der Waals surface area contributed by atoms with Gasteiger partial charge in [0.2, 0.25) is 0 Å². The number of hydrogen-bond acceptors (Lipinski definition) is 8. The molecule has 0 radical (unpaired) electrons. The predicted octanol–water partition coefficient (Wildman–Crippen LogP) is 5.97. The Labute approximate surface area is 264 Å². The number of amides is 1. The lowest BCUT2D eigenvalue weighted by Crippen LogP contribution is -2.51. The third kappa shape index (κ3) is 5.27. The molecule has 3 aromatic rings. The summed E-state index contributed by atoms with van der Waals surface area (Å²) in [7, 11) is 6.15. The van der Waals surface area contributed by atoms with Gasteiger partial charge in [-0.1, -0.05) is 55.7 Å². The second-order valence-electron chi connectivity index (χ2n) is 12.6. The minimum Gasteiger partial charge on any atom is -0.496 e. The molecule has 9 nitrogen and oxygen atoms in total. The van der Waals surface area contributed by atoms with E-state index in [2.05, 4.69) is 23.5 Å². The Morgan fingerprint density at radius 1 is 0.756 bits per heavy atom. The summed E-state index contributed by atoms with van der Waals surface area (Å²) in [4.78, 5) is 24.9. The van der Waals surface area contributed by atoms with Crippen LogP contribution in [0.4, 0.5) is 4.79 Å². The van der Waals surface area contributed by atoms with Gasteiger partial charge in [0.05, 0.1) is 28.4 Å². The van der Waals surface area contributed by atoms with E-state index in [1.54, 1.807) is 42.1 Å². The molecule has 1 atom stereocenters. The van der Waals surface area contributed by atoms with Gasteiger partial charge in [0.1, 0.15) is 28.9 Å². The molecule has 3 aliphatic carbocycles. The van der Waals surface area contributed by atoms with Crippen LogP contribution < -0.4 is 19.5 Å². The number of carbonyl (C=O) groups excluding carboxylic acids is 2. The number of unbranched alkanes of at least 4 members (excludes halogenated alkanes) is 2. The third-order valence-electron chi connectivity index (χ3n) is 8.92. The molecule has 0 saturated heterocycles. The lowest BCUT2D eigenvalue weighted by Gasteiger charge is -2.55. The van der Waals surface area contributed by atoms with E-state index in [0.717, 1.165) is 29.5 Å². The van der Waals surface area contributed by atoms with Crippen molar-refractivity contribution in [2.75, 3.05) is 28.4 Å². The van der Waals surface area contributed by atoms with Crippen molar-refractivity contribution in [3.05, 3.63) is 88.0 Å². The van der Waals surface area contributed by atoms with E-state index in [1.807, 2.05) is 36.4 Å². The van der Waals surface area contributed by atoms with Gasteiger partial charge in [-0.3, -0.25) is 0 Å². The highest BCUT2D eigenvalue weighted by atomic mass is 16.6. The molecule has 0 aliphatic heterocycles. The Hall–Kier alpha value is -4.24. The van der Waals surface area contributed by atoms with Crippen LogP contribution in [-0.2, 0) is 25.3 Å². The summed E-state index contributed by atoms with van der Waals surface area (Å²) >= 11 is 0. The van der Waals surface area contributed by atoms with Crippen LogP contribution >= 0.6 is 0 Å². The number of methoxy groups -OCH3 is 4. The largest absolute Gasteiger partial charge is 0.496 e. The summed E-state index contributed by atoms with van der Waals surface area (Å²) < 4.78 is 28.0. The summed E-state index contributed by atoms with van der Waals surface area (Å²) in [5.41, 5.74) is 2.09. The summed E-state index contributed by atoms with van der Waals surface area (Å²) in [6, 6.07) is 16.9. The molecule has 0 spiro atoms. The standard InChI is InChI=1S/C36H43NO8/c1-34(2,3)45-33(39)37-25(32(38)44-7)17-9-8-10-21-35-22-14-11-18-26(41-4)29(22)36(40,30-23(35)15-12-19-27(30)42-5)31-24(35)16-13-20-28(31)43-6/h11-16,18-20,25,40H,8-10,17,21H2,1-7H3,(H,37,39)/t25-,35?,36?/m0/s1. The molecule has 3 aliphatic rings. The zero-order valence-electron chi connectivity index (χ0n) is 27.1. The van der Waals surface area contributed by atoms with Crippen molar-refractivity contribution in [3.63, 3.8) is 0 Å². The molecule has 3 aromatic carbocycles. The molecule has 0 heterocycles. The fourth-order valence-corrected chi connectivity index (χ4v) is 7.26. The van der Waals surface area contributed by atoms with E-state index >= 15 is 0 Å². The highest BCUT2D eigenvalue weighted by molar-refractivity contribution is 5.81. The topological polar surface area (TPSA) is 113 Å². The van der Waals surface area contributed by atoms with Crippen molar-refractivity contribution in [2.45, 2.75) is 75.5 Å². The molecule has 2 bridgehead atoms. The lowest BCUT2D eigenvalue weighted by molar-refractivity contribution is -0.143. The highest BCUT2D eigenvalue weighted by Crippen LogP contribution is 2.67.